The monoisotopic (exact) mass is 296 g/mol. The molecule has 1 amide bonds. The van der Waals surface area contributed by atoms with Crippen molar-refractivity contribution in [3.63, 3.8) is 0 Å². The standard InChI is InChI=1S/C14H24N4O3/c1-5-14(6-2,13(20)21)15-9-12(19)17-11-7-8-16-18(11)10(3)4/h7-8,10,15H,5-6,9H2,1-4H3,(H,17,19)(H,20,21). The highest BCUT2D eigenvalue weighted by Crippen LogP contribution is 2.16. The van der Waals surface area contributed by atoms with Gasteiger partial charge in [-0.1, -0.05) is 13.8 Å². The van der Waals surface area contributed by atoms with Crippen LogP contribution in [-0.2, 0) is 9.59 Å². The summed E-state index contributed by atoms with van der Waals surface area (Å²) < 4.78 is 1.70. The molecular weight excluding hydrogens is 272 g/mol. The third-order valence-corrected chi connectivity index (χ3v) is 3.63. The molecule has 0 atom stereocenters. The Morgan fingerprint density at radius 1 is 1.38 bits per heavy atom. The van der Waals surface area contributed by atoms with E-state index in [1.165, 1.54) is 0 Å². The van der Waals surface area contributed by atoms with Crippen molar-refractivity contribution in [1.29, 1.82) is 0 Å². The van der Waals surface area contributed by atoms with Crippen LogP contribution in [0.1, 0.15) is 46.6 Å². The Labute approximate surface area is 124 Å². The van der Waals surface area contributed by atoms with Crippen molar-refractivity contribution < 1.29 is 14.7 Å². The zero-order valence-corrected chi connectivity index (χ0v) is 13.0. The van der Waals surface area contributed by atoms with Gasteiger partial charge >= 0.3 is 5.97 Å². The first-order chi connectivity index (χ1) is 9.86. The van der Waals surface area contributed by atoms with E-state index in [4.69, 9.17) is 0 Å². The molecule has 3 N–H and O–H groups in total. The van der Waals surface area contributed by atoms with E-state index in [2.05, 4.69) is 15.7 Å². The maximum atomic E-state index is 12.0. The molecule has 0 saturated carbocycles. The van der Waals surface area contributed by atoms with Crippen LogP contribution >= 0.6 is 0 Å². The van der Waals surface area contributed by atoms with E-state index >= 15 is 0 Å². The summed E-state index contributed by atoms with van der Waals surface area (Å²) in [6.07, 6.45) is 2.44. The number of carboxylic acids is 1. The van der Waals surface area contributed by atoms with E-state index in [9.17, 15) is 14.7 Å². The number of amides is 1. The molecule has 1 aromatic heterocycles. The molecule has 7 heteroatoms. The molecule has 0 aliphatic heterocycles. The number of anilines is 1. The predicted molar refractivity (Wildman–Crippen MR) is 80.2 cm³/mol. The lowest BCUT2D eigenvalue weighted by atomic mass is 9.93. The van der Waals surface area contributed by atoms with E-state index in [1.54, 1.807) is 30.8 Å². The maximum absolute atomic E-state index is 12.0. The van der Waals surface area contributed by atoms with Crippen molar-refractivity contribution in [3.8, 4) is 0 Å². The van der Waals surface area contributed by atoms with Gasteiger partial charge in [0.2, 0.25) is 5.91 Å². The molecule has 0 radical (unpaired) electrons. The van der Waals surface area contributed by atoms with Crippen LogP contribution in [0.4, 0.5) is 5.82 Å². The molecule has 0 unspecified atom stereocenters. The van der Waals surface area contributed by atoms with E-state index in [0.717, 1.165) is 0 Å². The topological polar surface area (TPSA) is 96.3 Å². The highest BCUT2D eigenvalue weighted by molar-refractivity contribution is 5.92. The van der Waals surface area contributed by atoms with Crippen molar-refractivity contribution in [2.24, 2.45) is 0 Å². The molecule has 0 bridgehead atoms. The van der Waals surface area contributed by atoms with E-state index in [1.807, 2.05) is 13.8 Å². The summed E-state index contributed by atoms with van der Waals surface area (Å²) in [7, 11) is 0. The first kappa shape index (κ1) is 17.2. The summed E-state index contributed by atoms with van der Waals surface area (Å²) >= 11 is 0. The van der Waals surface area contributed by atoms with Crippen LogP contribution in [0.2, 0.25) is 0 Å². The number of hydrogen-bond donors (Lipinski definition) is 3. The zero-order chi connectivity index (χ0) is 16.0. The fourth-order valence-corrected chi connectivity index (χ4v) is 2.14. The van der Waals surface area contributed by atoms with Gasteiger partial charge in [-0.15, -0.1) is 0 Å². The minimum atomic E-state index is -1.06. The summed E-state index contributed by atoms with van der Waals surface area (Å²) in [5.41, 5.74) is -1.06. The first-order valence-corrected chi connectivity index (χ1v) is 7.18. The molecular formula is C14H24N4O3. The summed E-state index contributed by atoms with van der Waals surface area (Å²) in [6, 6.07) is 1.84. The molecule has 0 aliphatic carbocycles. The van der Waals surface area contributed by atoms with Crippen LogP contribution in [0.3, 0.4) is 0 Å². The van der Waals surface area contributed by atoms with Crippen LogP contribution < -0.4 is 10.6 Å². The predicted octanol–water partition coefficient (Wildman–Crippen LogP) is 1.64. The number of aliphatic carboxylic acids is 1. The second kappa shape index (κ2) is 7.21. The number of rotatable bonds is 8. The Balaban J connectivity index is 2.66. The normalized spacial score (nSPS) is 11.7. The van der Waals surface area contributed by atoms with Crippen molar-refractivity contribution in [2.45, 2.75) is 52.1 Å². The smallest absolute Gasteiger partial charge is 0.323 e. The number of carbonyl (C=O) groups excluding carboxylic acids is 1. The molecule has 1 aromatic rings. The SMILES string of the molecule is CCC(CC)(NCC(=O)Nc1ccnn1C(C)C)C(=O)O. The highest BCUT2D eigenvalue weighted by atomic mass is 16.4. The van der Waals surface area contributed by atoms with Crippen LogP contribution in [-0.4, -0.2) is 38.8 Å². The zero-order valence-electron chi connectivity index (χ0n) is 13.0. The van der Waals surface area contributed by atoms with Crippen LogP contribution in [0.15, 0.2) is 12.3 Å². The summed E-state index contributed by atoms with van der Waals surface area (Å²) in [4.78, 5) is 23.3. The molecule has 0 fully saturated rings. The van der Waals surface area contributed by atoms with Gasteiger partial charge in [-0.2, -0.15) is 5.10 Å². The average molecular weight is 296 g/mol. The second-order valence-corrected chi connectivity index (χ2v) is 5.25. The van der Waals surface area contributed by atoms with Crippen molar-refractivity contribution in [1.82, 2.24) is 15.1 Å². The number of hydrogen-bond acceptors (Lipinski definition) is 4. The van der Waals surface area contributed by atoms with E-state index in [-0.39, 0.29) is 18.5 Å². The fourth-order valence-electron chi connectivity index (χ4n) is 2.14. The minimum absolute atomic E-state index is 0.0583. The molecule has 21 heavy (non-hydrogen) atoms. The third kappa shape index (κ3) is 4.04. The molecule has 1 rings (SSSR count). The minimum Gasteiger partial charge on any atom is -0.480 e. The summed E-state index contributed by atoms with van der Waals surface area (Å²) in [5, 5.41) is 19.0. The van der Waals surface area contributed by atoms with Gasteiger partial charge in [0.05, 0.1) is 12.7 Å². The third-order valence-electron chi connectivity index (χ3n) is 3.63. The van der Waals surface area contributed by atoms with Crippen LogP contribution in [0.5, 0.6) is 0 Å². The molecule has 0 aliphatic rings. The van der Waals surface area contributed by atoms with Gasteiger partial charge in [0.1, 0.15) is 11.4 Å². The number of nitrogens with zero attached hydrogens (tertiary/aromatic N) is 2. The van der Waals surface area contributed by atoms with Crippen LogP contribution in [0.25, 0.3) is 0 Å². The van der Waals surface area contributed by atoms with Gasteiger partial charge < -0.3 is 10.4 Å². The maximum Gasteiger partial charge on any atom is 0.323 e. The number of carboxylic acid groups (broad SMARTS) is 1. The lowest BCUT2D eigenvalue weighted by molar-refractivity contribution is -0.145. The quantitative estimate of drug-likeness (QED) is 0.677. The first-order valence-electron chi connectivity index (χ1n) is 7.18. The highest BCUT2D eigenvalue weighted by Gasteiger charge is 2.34. The van der Waals surface area contributed by atoms with Gasteiger partial charge in [-0.25, -0.2) is 4.68 Å². The number of nitrogens with one attached hydrogen (secondary N) is 2. The fraction of sp³-hybridized carbons (Fsp3) is 0.643. The average Bonchev–Trinajstić information content (AvgIpc) is 2.88. The lowest BCUT2D eigenvalue weighted by Gasteiger charge is -2.27. The molecule has 0 spiro atoms. The Bertz CT molecular complexity index is 492. The Morgan fingerprint density at radius 2 is 2.00 bits per heavy atom. The van der Waals surface area contributed by atoms with Gasteiger partial charge in [0.15, 0.2) is 0 Å². The molecule has 118 valence electrons. The number of carbonyl (C=O) groups is 2. The molecule has 1 heterocycles. The largest absolute Gasteiger partial charge is 0.480 e. The Morgan fingerprint density at radius 3 is 2.48 bits per heavy atom. The van der Waals surface area contributed by atoms with Gasteiger partial charge in [0, 0.05) is 12.1 Å². The number of aromatic nitrogens is 2. The molecule has 0 aromatic carbocycles. The van der Waals surface area contributed by atoms with Crippen molar-refractivity contribution >= 4 is 17.7 Å². The van der Waals surface area contributed by atoms with Crippen LogP contribution in [0, 0.1) is 0 Å². The molecule has 7 nitrogen and oxygen atoms in total. The van der Waals surface area contributed by atoms with E-state index < -0.39 is 11.5 Å². The Kier molecular flexibility index (Phi) is 5.90. The second-order valence-electron chi connectivity index (χ2n) is 5.25. The van der Waals surface area contributed by atoms with E-state index in [0.29, 0.717) is 18.7 Å². The summed E-state index contributed by atoms with van der Waals surface area (Å²) in [5.74, 6) is -0.622. The summed E-state index contributed by atoms with van der Waals surface area (Å²) in [6.45, 7) is 7.44. The Hall–Kier alpha value is -1.89. The van der Waals surface area contributed by atoms with Gasteiger partial charge in [-0.3, -0.25) is 14.9 Å². The molecule has 0 saturated heterocycles. The van der Waals surface area contributed by atoms with Gasteiger partial charge in [-0.05, 0) is 26.7 Å². The van der Waals surface area contributed by atoms with Gasteiger partial charge in [0.25, 0.3) is 0 Å². The lowest BCUT2D eigenvalue weighted by Crippen LogP contribution is -2.53. The van der Waals surface area contributed by atoms with Crippen molar-refractivity contribution in [2.75, 3.05) is 11.9 Å². The van der Waals surface area contributed by atoms with Crippen molar-refractivity contribution in [3.05, 3.63) is 12.3 Å².